The first kappa shape index (κ1) is 20.7. The molecule has 2 unspecified atom stereocenters. The van der Waals surface area contributed by atoms with E-state index >= 15 is 0 Å². The van der Waals surface area contributed by atoms with Crippen LogP contribution in [0.4, 0.5) is 0 Å². The first-order valence-corrected chi connectivity index (χ1v) is 7.93. The smallest absolute Gasteiger partial charge is 0.310 e. The number of nitrogens with one attached hydrogen (secondary N) is 1. The van der Waals surface area contributed by atoms with Crippen LogP contribution in [0.5, 0.6) is 0 Å². The van der Waals surface area contributed by atoms with E-state index in [0.29, 0.717) is 6.54 Å². The van der Waals surface area contributed by atoms with Gasteiger partial charge in [-0.15, -0.1) is 24.0 Å². The van der Waals surface area contributed by atoms with Crippen LogP contribution in [0.3, 0.4) is 0 Å². The Morgan fingerprint density at radius 1 is 1.46 bits per heavy atom. The summed E-state index contributed by atoms with van der Waals surface area (Å²) in [4.78, 5) is 18.2. The lowest BCUT2D eigenvalue weighted by Gasteiger charge is -2.21. The number of hydrogen-bond donors (Lipinski definition) is 1. The Bertz CT molecular complexity index is 568. The van der Waals surface area contributed by atoms with Crippen molar-refractivity contribution in [3.63, 3.8) is 0 Å². The zero-order valence-electron chi connectivity index (χ0n) is 15.0. The maximum absolute atomic E-state index is 11.8. The molecular weight excluding hydrogens is 423 g/mol. The van der Waals surface area contributed by atoms with Gasteiger partial charge in [0.1, 0.15) is 5.76 Å². The van der Waals surface area contributed by atoms with Gasteiger partial charge >= 0.3 is 5.97 Å². The van der Waals surface area contributed by atoms with E-state index in [0.717, 1.165) is 42.5 Å². The standard InChI is InChI=1S/C16H26N4O3.HI/c1-10-8-20(9-14(10)15(21)22-5)16(17-4)18-7-6-13-11(2)19-23-12(13)3;/h10,14H,6-9H2,1-5H3,(H,17,18);1H. The van der Waals surface area contributed by atoms with Crippen molar-refractivity contribution < 1.29 is 14.1 Å². The highest BCUT2D eigenvalue weighted by Crippen LogP contribution is 2.24. The van der Waals surface area contributed by atoms with Crippen LogP contribution in [0.15, 0.2) is 9.52 Å². The molecule has 2 atom stereocenters. The molecule has 1 aromatic heterocycles. The predicted octanol–water partition coefficient (Wildman–Crippen LogP) is 1.77. The summed E-state index contributed by atoms with van der Waals surface area (Å²) in [5, 5.41) is 7.32. The second-order valence-corrected chi connectivity index (χ2v) is 6.04. The second-order valence-electron chi connectivity index (χ2n) is 6.04. The zero-order valence-corrected chi connectivity index (χ0v) is 17.3. The number of esters is 1. The molecule has 1 saturated heterocycles. The van der Waals surface area contributed by atoms with Crippen molar-refractivity contribution in [2.45, 2.75) is 27.2 Å². The van der Waals surface area contributed by atoms with Crippen LogP contribution >= 0.6 is 24.0 Å². The molecule has 136 valence electrons. The fourth-order valence-electron chi connectivity index (χ4n) is 3.09. The van der Waals surface area contributed by atoms with E-state index in [1.54, 1.807) is 7.05 Å². The van der Waals surface area contributed by atoms with E-state index in [-0.39, 0.29) is 41.8 Å². The van der Waals surface area contributed by atoms with Crippen LogP contribution < -0.4 is 5.32 Å². The molecule has 1 aliphatic rings. The minimum Gasteiger partial charge on any atom is -0.469 e. The van der Waals surface area contributed by atoms with E-state index < -0.39 is 0 Å². The van der Waals surface area contributed by atoms with Crippen LogP contribution in [0.1, 0.15) is 23.9 Å². The summed E-state index contributed by atoms with van der Waals surface area (Å²) in [5.74, 6) is 1.69. The minimum atomic E-state index is -0.147. The van der Waals surface area contributed by atoms with Gasteiger partial charge in [-0.2, -0.15) is 0 Å². The number of guanidine groups is 1. The molecule has 0 bridgehead atoms. The maximum Gasteiger partial charge on any atom is 0.310 e. The predicted molar refractivity (Wildman–Crippen MR) is 103 cm³/mol. The molecule has 1 aliphatic heterocycles. The molecule has 1 N–H and O–H groups in total. The van der Waals surface area contributed by atoms with Crippen molar-refractivity contribution in [2.24, 2.45) is 16.8 Å². The summed E-state index contributed by atoms with van der Waals surface area (Å²) >= 11 is 0. The first-order chi connectivity index (χ1) is 11.0. The number of aromatic nitrogens is 1. The third kappa shape index (κ3) is 4.61. The van der Waals surface area contributed by atoms with E-state index in [2.05, 4.69) is 27.3 Å². The molecule has 7 nitrogen and oxygen atoms in total. The van der Waals surface area contributed by atoms with Crippen molar-refractivity contribution in [3.05, 3.63) is 17.0 Å². The third-order valence-corrected chi connectivity index (χ3v) is 4.47. The van der Waals surface area contributed by atoms with Gasteiger partial charge in [0.05, 0.1) is 18.7 Å². The van der Waals surface area contributed by atoms with Crippen molar-refractivity contribution >= 4 is 35.9 Å². The number of carbonyl (C=O) groups excluding carboxylic acids is 1. The van der Waals surface area contributed by atoms with Crippen molar-refractivity contribution in [2.75, 3.05) is 33.8 Å². The van der Waals surface area contributed by atoms with Crippen molar-refractivity contribution in [3.8, 4) is 0 Å². The average Bonchev–Trinajstić information content (AvgIpc) is 3.07. The summed E-state index contributed by atoms with van der Waals surface area (Å²) < 4.78 is 10.1. The molecule has 1 fully saturated rings. The summed E-state index contributed by atoms with van der Waals surface area (Å²) in [6.07, 6.45) is 0.823. The minimum absolute atomic E-state index is 0. The number of ether oxygens (including phenoxy) is 1. The van der Waals surface area contributed by atoms with Gasteiger partial charge in [0.15, 0.2) is 5.96 Å². The Balaban J connectivity index is 0.00000288. The number of aliphatic imine (C=N–C) groups is 1. The highest BCUT2D eigenvalue weighted by Gasteiger charge is 2.36. The molecule has 2 rings (SSSR count). The Kier molecular flexibility index (Phi) is 7.98. The van der Waals surface area contributed by atoms with Crippen molar-refractivity contribution in [1.82, 2.24) is 15.4 Å². The number of halogens is 1. The quantitative estimate of drug-likeness (QED) is 0.326. The number of rotatable bonds is 4. The third-order valence-electron chi connectivity index (χ3n) is 4.47. The van der Waals surface area contributed by atoms with E-state index in [1.165, 1.54) is 7.11 Å². The van der Waals surface area contributed by atoms with Crippen LogP contribution in [-0.2, 0) is 16.0 Å². The molecular formula is C16H27IN4O3. The normalized spacial score (nSPS) is 20.7. The molecule has 24 heavy (non-hydrogen) atoms. The van der Waals surface area contributed by atoms with Crippen LogP contribution in [-0.4, -0.2) is 55.8 Å². The lowest BCUT2D eigenvalue weighted by atomic mass is 9.99. The van der Waals surface area contributed by atoms with Crippen molar-refractivity contribution in [1.29, 1.82) is 0 Å². The fourth-order valence-corrected chi connectivity index (χ4v) is 3.09. The molecule has 0 aromatic carbocycles. The second kappa shape index (κ2) is 9.24. The number of methoxy groups -OCH3 is 1. The summed E-state index contributed by atoms with van der Waals surface area (Å²) in [6, 6.07) is 0. The number of aryl methyl sites for hydroxylation is 2. The number of nitrogens with zero attached hydrogens (tertiary/aromatic N) is 3. The molecule has 0 radical (unpaired) electrons. The average molecular weight is 450 g/mol. The lowest BCUT2D eigenvalue weighted by molar-refractivity contribution is -0.145. The lowest BCUT2D eigenvalue weighted by Crippen LogP contribution is -2.41. The zero-order chi connectivity index (χ0) is 17.0. The van der Waals surface area contributed by atoms with Gasteiger partial charge in [-0.3, -0.25) is 9.79 Å². The summed E-state index contributed by atoms with van der Waals surface area (Å²) in [6.45, 7) is 8.11. The monoisotopic (exact) mass is 450 g/mol. The van der Waals surface area contributed by atoms with Crippen LogP contribution in [0.2, 0.25) is 0 Å². The van der Waals surface area contributed by atoms with Gasteiger partial charge in [0.25, 0.3) is 0 Å². The van der Waals surface area contributed by atoms with Gasteiger partial charge in [-0.25, -0.2) is 0 Å². The molecule has 1 aromatic rings. The highest BCUT2D eigenvalue weighted by molar-refractivity contribution is 14.0. The molecule has 8 heteroatoms. The van der Waals surface area contributed by atoms with Gasteiger partial charge in [-0.05, 0) is 26.2 Å². The van der Waals surface area contributed by atoms with Gasteiger partial charge in [0, 0.05) is 32.2 Å². The van der Waals surface area contributed by atoms with Crippen LogP contribution in [0.25, 0.3) is 0 Å². The Labute approximate surface area is 160 Å². The van der Waals surface area contributed by atoms with Gasteiger partial charge < -0.3 is 19.5 Å². The summed E-state index contributed by atoms with van der Waals surface area (Å²) in [7, 11) is 3.20. The van der Waals surface area contributed by atoms with E-state index in [1.807, 2.05) is 13.8 Å². The number of carbonyl (C=O) groups is 1. The Hall–Kier alpha value is -1.32. The largest absolute Gasteiger partial charge is 0.469 e. The Morgan fingerprint density at radius 3 is 2.71 bits per heavy atom. The van der Waals surface area contributed by atoms with E-state index in [9.17, 15) is 4.79 Å². The highest BCUT2D eigenvalue weighted by atomic mass is 127. The molecule has 0 aliphatic carbocycles. The first-order valence-electron chi connectivity index (χ1n) is 7.93. The molecule has 0 spiro atoms. The molecule has 0 saturated carbocycles. The molecule has 2 heterocycles. The topological polar surface area (TPSA) is 80.0 Å². The molecule has 0 amide bonds. The fraction of sp³-hybridized carbons (Fsp3) is 0.688. The van der Waals surface area contributed by atoms with Gasteiger partial charge in [-0.1, -0.05) is 12.1 Å². The van der Waals surface area contributed by atoms with Crippen LogP contribution in [0, 0.1) is 25.7 Å². The maximum atomic E-state index is 11.8. The van der Waals surface area contributed by atoms with Gasteiger partial charge in [0.2, 0.25) is 0 Å². The SMILES string of the molecule is CN=C(NCCc1c(C)noc1C)N1CC(C)C(C(=O)OC)C1.I. The summed E-state index contributed by atoms with van der Waals surface area (Å²) in [5.41, 5.74) is 2.06. The number of hydrogen-bond acceptors (Lipinski definition) is 5. The van der Waals surface area contributed by atoms with E-state index in [4.69, 9.17) is 9.26 Å². The Morgan fingerprint density at radius 2 is 2.17 bits per heavy atom. The number of likely N-dealkylation sites (tertiary alicyclic amines) is 1.